The minimum Gasteiger partial charge on any atom is -0.349 e. The van der Waals surface area contributed by atoms with Crippen LogP contribution in [-0.4, -0.2) is 39.3 Å². The minimum absolute atomic E-state index is 0.0736. The second-order valence-corrected chi connectivity index (χ2v) is 6.93. The molecule has 0 atom stereocenters. The van der Waals surface area contributed by atoms with Gasteiger partial charge < -0.3 is 5.32 Å². The molecule has 1 rings (SSSR count). The van der Waals surface area contributed by atoms with Crippen LogP contribution in [0, 0.1) is 0 Å². The number of halogens is 1. The monoisotopic (exact) mass is 346 g/mol. The van der Waals surface area contributed by atoms with Gasteiger partial charge in [-0.05, 0) is 34.1 Å². The average Bonchev–Trinajstić information content (AvgIpc) is 2.36. The Balaban J connectivity index is 3.22. The van der Waals surface area contributed by atoms with Crippen molar-refractivity contribution in [3.63, 3.8) is 0 Å². The first-order valence-electron chi connectivity index (χ1n) is 5.42. The number of amides is 1. The van der Waals surface area contributed by atoms with E-state index in [0.717, 1.165) is 4.31 Å². The fourth-order valence-electron chi connectivity index (χ4n) is 1.31. The molecule has 0 radical (unpaired) electrons. The number of hydrogen-bond donors (Lipinski definition) is 1. The lowest BCUT2D eigenvalue weighted by molar-refractivity contribution is 0.0957. The Morgan fingerprint density at radius 3 is 2.63 bits per heavy atom. The summed E-state index contributed by atoms with van der Waals surface area (Å²) in [5, 5.41) is 2.60. The topological polar surface area (TPSA) is 66.5 Å². The fraction of sp³-hybridized carbons (Fsp3) is 0.250. The second-order valence-electron chi connectivity index (χ2n) is 3.93. The van der Waals surface area contributed by atoms with Crippen LogP contribution in [0.25, 0.3) is 0 Å². The van der Waals surface area contributed by atoms with Crippen LogP contribution in [0.5, 0.6) is 0 Å². The molecule has 0 aromatic heterocycles. The molecule has 0 heterocycles. The van der Waals surface area contributed by atoms with E-state index in [2.05, 4.69) is 27.8 Å². The van der Waals surface area contributed by atoms with Crippen LogP contribution in [0.3, 0.4) is 0 Å². The van der Waals surface area contributed by atoms with E-state index < -0.39 is 10.0 Å². The van der Waals surface area contributed by atoms with Gasteiger partial charge in [-0.25, -0.2) is 12.7 Å². The third-order valence-electron chi connectivity index (χ3n) is 2.37. The number of carbonyl (C=O) groups excluding carboxylic acids is 1. The molecule has 0 saturated carbocycles. The molecule has 0 fully saturated rings. The molecule has 1 N–H and O–H groups in total. The summed E-state index contributed by atoms with van der Waals surface area (Å²) in [5.41, 5.74) is 0.268. The minimum atomic E-state index is -3.56. The lowest BCUT2D eigenvalue weighted by Crippen LogP contribution is -2.25. The second kappa shape index (κ2) is 6.31. The smallest absolute Gasteiger partial charge is 0.252 e. The standard InChI is InChI=1S/C12H15BrN2O3S/c1-4-7-14-12(16)10-8-9(5-6-11(10)13)19(17,18)15(2)3/h4-6,8H,1,7H2,2-3H3,(H,14,16). The summed E-state index contributed by atoms with van der Waals surface area (Å²) in [4.78, 5) is 11.9. The predicted octanol–water partition coefficient (Wildman–Crippen LogP) is 1.62. The van der Waals surface area contributed by atoms with Crippen LogP contribution in [0.1, 0.15) is 10.4 Å². The molecule has 104 valence electrons. The average molecular weight is 347 g/mol. The molecule has 0 unspecified atom stereocenters. The van der Waals surface area contributed by atoms with Crippen molar-refractivity contribution in [2.75, 3.05) is 20.6 Å². The van der Waals surface area contributed by atoms with E-state index in [0.29, 0.717) is 11.0 Å². The molecule has 1 aromatic carbocycles. The van der Waals surface area contributed by atoms with Crippen LogP contribution in [-0.2, 0) is 10.0 Å². The van der Waals surface area contributed by atoms with E-state index in [9.17, 15) is 13.2 Å². The van der Waals surface area contributed by atoms with Gasteiger partial charge in [0.15, 0.2) is 0 Å². The van der Waals surface area contributed by atoms with E-state index in [-0.39, 0.29) is 16.4 Å². The van der Waals surface area contributed by atoms with Crippen LogP contribution in [0.2, 0.25) is 0 Å². The first kappa shape index (κ1) is 15.9. The molecule has 7 heteroatoms. The van der Waals surface area contributed by atoms with Crippen molar-refractivity contribution in [2.45, 2.75) is 4.90 Å². The van der Waals surface area contributed by atoms with Gasteiger partial charge in [-0.2, -0.15) is 0 Å². The van der Waals surface area contributed by atoms with E-state index in [1.807, 2.05) is 0 Å². The Hall–Kier alpha value is -1.18. The van der Waals surface area contributed by atoms with Crippen molar-refractivity contribution < 1.29 is 13.2 Å². The number of rotatable bonds is 5. The molecule has 0 aliphatic carbocycles. The molecule has 0 spiro atoms. The summed E-state index contributed by atoms with van der Waals surface area (Å²) < 4.78 is 25.6. The Bertz CT molecular complexity index is 597. The van der Waals surface area contributed by atoms with E-state index >= 15 is 0 Å². The molecular weight excluding hydrogens is 332 g/mol. The number of benzene rings is 1. The van der Waals surface area contributed by atoms with Gasteiger partial charge in [0.25, 0.3) is 5.91 Å². The number of nitrogens with zero attached hydrogens (tertiary/aromatic N) is 1. The zero-order valence-electron chi connectivity index (χ0n) is 10.7. The largest absolute Gasteiger partial charge is 0.349 e. The molecule has 19 heavy (non-hydrogen) atoms. The summed E-state index contributed by atoms with van der Waals surface area (Å²) in [5.74, 6) is -0.359. The molecule has 0 aliphatic rings. The number of nitrogens with one attached hydrogen (secondary N) is 1. The summed E-state index contributed by atoms with van der Waals surface area (Å²) in [6, 6.07) is 4.33. The van der Waals surface area contributed by atoms with Crippen molar-refractivity contribution in [2.24, 2.45) is 0 Å². The van der Waals surface area contributed by atoms with E-state index in [1.165, 1.54) is 26.2 Å². The highest BCUT2D eigenvalue weighted by atomic mass is 79.9. The zero-order valence-corrected chi connectivity index (χ0v) is 13.1. The van der Waals surface area contributed by atoms with Crippen molar-refractivity contribution in [3.05, 3.63) is 40.9 Å². The predicted molar refractivity (Wildman–Crippen MR) is 77.5 cm³/mol. The quantitative estimate of drug-likeness (QED) is 0.823. The molecule has 1 aromatic rings. The van der Waals surface area contributed by atoms with Crippen molar-refractivity contribution in [3.8, 4) is 0 Å². The third-order valence-corrected chi connectivity index (χ3v) is 4.87. The molecule has 5 nitrogen and oxygen atoms in total. The van der Waals surface area contributed by atoms with Crippen LogP contribution >= 0.6 is 15.9 Å². The van der Waals surface area contributed by atoms with Crippen LogP contribution < -0.4 is 5.32 Å². The Morgan fingerprint density at radius 1 is 1.47 bits per heavy atom. The first-order chi connectivity index (χ1) is 8.80. The van der Waals surface area contributed by atoms with Gasteiger partial charge in [-0.3, -0.25) is 4.79 Å². The van der Waals surface area contributed by atoms with Gasteiger partial charge in [0.2, 0.25) is 10.0 Å². The summed E-state index contributed by atoms with van der Waals surface area (Å²) in [6.07, 6.45) is 1.55. The van der Waals surface area contributed by atoms with Crippen LogP contribution in [0.15, 0.2) is 40.2 Å². The molecule has 0 saturated heterocycles. The Kier molecular flexibility index (Phi) is 5.28. The molecular formula is C12H15BrN2O3S. The van der Waals surface area contributed by atoms with Crippen molar-refractivity contribution in [1.82, 2.24) is 9.62 Å². The van der Waals surface area contributed by atoms with Gasteiger partial charge in [-0.15, -0.1) is 6.58 Å². The Labute approximate surface area is 121 Å². The van der Waals surface area contributed by atoms with E-state index in [1.54, 1.807) is 12.1 Å². The highest BCUT2D eigenvalue weighted by Crippen LogP contribution is 2.22. The van der Waals surface area contributed by atoms with Gasteiger partial charge in [-0.1, -0.05) is 6.08 Å². The molecule has 0 bridgehead atoms. The maximum atomic E-state index is 12.0. The highest BCUT2D eigenvalue weighted by molar-refractivity contribution is 9.10. The highest BCUT2D eigenvalue weighted by Gasteiger charge is 2.20. The van der Waals surface area contributed by atoms with E-state index in [4.69, 9.17) is 0 Å². The summed E-state index contributed by atoms with van der Waals surface area (Å²) in [7, 11) is -0.679. The normalized spacial score (nSPS) is 11.4. The molecule has 1 amide bonds. The van der Waals surface area contributed by atoms with Crippen molar-refractivity contribution >= 4 is 31.9 Å². The number of sulfonamides is 1. The van der Waals surface area contributed by atoms with Crippen LogP contribution in [0.4, 0.5) is 0 Å². The third kappa shape index (κ3) is 3.65. The lowest BCUT2D eigenvalue weighted by atomic mass is 10.2. The van der Waals surface area contributed by atoms with Gasteiger partial charge in [0.1, 0.15) is 0 Å². The maximum absolute atomic E-state index is 12.0. The Morgan fingerprint density at radius 2 is 2.11 bits per heavy atom. The maximum Gasteiger partial charge on any atom is 0.252 e. The van der Waals surface area contributed by atoms with Crippen molar-refractivity contribution in [1.29, 1.82) is 0 Å². The molecule has 0 aliphatic heterocycles. The number of carbonyl (C=O) groups is 1. The summed E-state index contributed by atoms with van der Waals surface area (Å²) >= 11 is 3.23. The number of hydrogen-bond acceptors (Lipinski definition) is 3. The van der Waals surface area contributed by atoms with Gasteiger partial charge >= 0.3 is 0 Å². The lowest BCUT2D eigenvalue weighted by Gasteiger charge is -2.13. The fourth-order valence-corrected chi connectivity index (χ4v) is 2.66. The van der Waals surface area contributed by atoms with Gasteiger partial charge in [0.05, 0.1) is 10.5 Å². The SMILES string of the molecule is C=CCNC(=O)c1cc(S(=O)(=O)N(C)C)ccc1Br. The summed E-state index contributed by atoms with van der Waals surface area (Å²) in [6.45, 7) is 3.82. The van der Waals surface area contributed by atoms with Gasteiger partial charge in [0, 0.05) is 25.1 Å². The first-order valence-corrected chi connectivity index (χ1v) is 7.65. The zero-order chi connectivity index (χ0) is 14.6.